The SMILES string of the molecule is CCNCCc1ccc(Oc2c(C(=O)c3ccc(F)cc3C)sc3cc(O)ccc23)cc1. The van der Waals surface area contributed by atoms with E-state index < -0.39 is 0 Å². The van der Waals surface area contributed by atoms with E-state index in [9.17, 15) is 14.3 Å². The Kier molecular flexibility index (Phi) is 6.53. The number of thiophene rings is 1. The molecule has 164 valence electrons. The molecule has 32 heavy (non-hydrogen) atoms. The molecule has 1 aromatic heterocycles. The molecule has 0 fully saturated rings. The van der Waals surface area contributed by atoms with Crippen molar-refractivity contribution < 1.29 is 19.0 Å². The lowest BCUT2D eigenvalue weighted by molar-refractivity contribution is 0.104. The van der Waals surface area contributed by atoms with Gasteiger partial charge in [0.05, 0.1) is 0 Å². The van der Waals surface area contributed by atoms with Crippen LogP contribution in [0.25, 0.3) is 10.1 Å². The molecule has 0 amide bonds. The number of hydrogen-bond donors (Lipinski definition) is 2. The van der Waals surface area contributed by atoms with Gasteiger partial charge < -0.3 is 15.2 Å². The van der Waals surface area contributed by atoms with Crippen LogP contribution in [0.1, 0.15) is 33.3 Å². The number of rotatable bonds is 8. The van der Waals surface area contributed by atoms with E-state index >= 15 is 0 Å². The van der Waals surface area contributed by atoms with Gasteiger partial charge in [0.1, 0.15) is 22.2 Å². The maximum atomic E-state index is 13.6. The lowest BCUT2D eigenvalue weighted by Crippen LogP contribution is -2.15. The van der Waals surface area contributed by atoms with E-state index in [0.29, 0.717) is 27.5 Å². The fourth-order valence-electron chi connectivity index (χ4n) is 3.57. The first-order valence-corrected chi connectivity index (χ1v) is 11.3. The highest BCUT2D eigenvalue weighted by Crippen LogP contribution is 2.42. The van der Waals surface area contributed by atoms with E-state index in [1.807, 2.05) is 24.3 Å². The number of carbonyl (C=O) groups excluding carboxylic acids is 1. The van der Waals surface area contributed by atoms with Crippen molar-refractivity contribution in [2.45, 2.75) is 20.3 Å². The van der Waals surface area contributed by atoms with Gasteiger partial charge in [-0.3, -0.25) is 4.79 Å². The molecule has 3 aromatic carbocycles. The second-order valence-electron chi connectivity index (χ2n) is 7.58. The quantitative estimate of drug-likeness (QED) is 0.247. The molecule has 0 unspecified atom stereocenters. The second kappa shape index (κ2) is 9.51. The number of phenolic OH excluding ortho intramolecular Hbond substituents is 1. The first-order valence-electron chi connectivity index (χ1n) is 10.5. The van der Waals surface area contributed by atoms with E-state index in [2.05, 4.69) is 12.2 Å². The second-order valence-corrected chi connectivity index (χ2v) is 8.63. The lowest BCUT2D eigenvalue weighted by atomic mass is 10.0. The van der Waals surface area contributed by atoms with Crippen molar-refractivity contribution in [3.05, 3.63) is 88.0 Å². The summed E-state index contributed by atoms with van der Waals surface area (Å²) in [5.74, 6) is 0.563. The molecule has 0 saturated carbocycles. The van der Waals surface area contributed by atoms with Crippen molar-refractivity contribution in [3.8, 4) is 17.2 Å². The highest BCUT2D eigenvalue weighted by atomic mass is 32.1. The summed E-state index contributed by atoms with van der Waals surface area (Å²) in [4.78, 5) is 13.8. The molecule has 0 spiro atoms. The summed E-state index contributed by atoms with van der Waals surface area (Å²) in [5, 5.41) is 14.0. The fraction of sp³-hybridized carbons (Fsp3) is 0.192. The highest BCUT2D eigenvalue weighted by Gasteiger charge is 2.23. The van der Waals surface area contributed by atoms with E-state index in [1.165, 1.54) is 35.1 Å². The first-order chi connectivity index (χ1) is 15.5. The van der Waals surface area contributed by atoms with Crippen LogP contribution in [-0.2, 0) is 6.42 Å². The molecule has 0 radical (unpaired) electrons. The monoisotopic (exact) mass is 449 g/mol. The van der Waals surface area contributed by atoms with Crippen LogP contribution in [0.3, 0.4) is 0 Å². The number of phenols is 1. The third kappa shape index (κ3) is 4.66. The van der Waals surface area contributed by atoms with Gasteiger partial charge in [0.15, 0.2) is 5.75 Å². The van der Waals surface area contributed by atoms with Crippen LogP contribution >= 0.6 is 11.3 Å². The Labute approximate surface area is 190 Å². The van der Waals surface area contributed by atoms with Gasteiger partial charge in [-0.05, 0) is 86.1 Å². The minimum absolute atomic E-state index is 0.118. The number of ketones is 1. The van der Waals surface area contributed by atoms with Gasteiger partial charge in [0, 0.05) is 15.6 Å². The number of hydrogen-bond acceptors (Lipinski definition) is 5. The van der Waals surface area contributed by atoms with Gasteiger partial charge in [0.2, 0.25) is 5.78 Å². The van der Waals surface area contributed by atoms with Gasteiger partial charge in [-0.25, -0.2) is 4.39 Å². The zero-order valence-electron chi connectivity index (χ0n) is 17.9. The van der Waals surface area contributed by atoms with Gasteiger partial charge in [-0.15, -0.1) is 11.3 Å². The molecular formula is C26H24FNO3S. The number of halogens is 1. The number of aryl methyl sites for hydroxylation is 1. The molecule has 4 nitrogen and oxygen atoms in total. The zero-order valence-corrected chi connectivity index (χ0v) is 18.8. The van der Waals surface area contributed by atoms with Crippen molar-refractivity contribution in [2.24, 2.45) is 0 Å². The lowest BCUT2D eigenvalue weighted by Gasteiger charge is -2.10. The molecule has 4 aromatic rings. The fourth-order valence-corrected chi connectivity index (χ4v) is 4.69. The average Bonchev–Trinajstić information content (AvgIpc) is 3.12. The molecule has 0 saturated heterocycles. The summed E-state index contributed by atoms with van der Waals surface area (Å²) in [6, 6.07) is 16.9. The van der Waals surface area contributed by atoms with Gasteiger partial charge in [-0.2, -0.15) is 0 Å². The van der Waals surface area contributed by atoms with Crippen LogP contribution in [0.15, 0.2) is 60.7 Å². The molecule has 6 heteroatoms. The number of ether oxygens (including phenoxy) is 1. The average molecular weight is 450 g/mol. The Morgan fingerprint density at radius 2 is 1.88 bits per heavy atom. The Hall–Kier alpha value is -3.22. The standard InChI is InChI=1S/C26H24FNO3S/c1-3-28-13-12-17-4-8-20(9-5-17)31-25-22-11-7-19(29)15-23(22)32-26(25)24(30)21-10-6-18(27)14-16(21)2/h4-11,14-15,28-29H,3,12-13H2,1-2H3. The van der Waals surface area contributed by atoms with Crippen LogP contribution in [0.4, 0.5) is 4.39 Å². The van der Waals surface area contributed by atoms with Crippen LogP contribution < -0.4 is 10.1 Å². The molecule has 0 bridgehead atoms. The summed E-state index contributed by atoms with van der Waals surface area (Å²) in [6.45, 7) is 5.63. The smallest absolute Gasteiger partial charge is 0.207 e. The minimum Gasteiger partial charge on any atom is -0.508 e. The van der Waals surface area contributed by atoms with E-state index in [1.54, 1.807) is 25.1 Å². The highest BCUT2D eigenvalue weighted by molar-refractivity contribution is 7.21. The number of fused-ring (bicyclic) bond motifs is 1. The molecular weight excluding hydrogens is 425 g/mol. The van der Waals surface area contributed by atoms with E-state index in [-0.39, 0.29) is 17.3 Å². The Balaban J connectivity index is 1.71. The molecule has 1 heterocycles. The van der Waals surface area contributed by atoms with Crippen LogP contribution in [-0.4, -0.2) is 24.0 Å². The van der Waals surface area contributed by atoms with Crippen molar-refractivity contribution >= 4 is 27.2 Å². The Morgan fingerprint density at radius 1 is 1.09 bits per heavy atom. The van der Waals surface area contributed by atoms with Gasteiger partial charge in [-0.1, -0.05) is 19.1 Å². The number of likely N-dealkylation sites (N-methyl/N-ethyl adjacent to an activating group) is 1. The van der Waals surface area contributed by atoms with Gasteiger partial charge >= 0.3 is 0 Å². The predicted molar refractivity (Wildman–Crippen MR) is 127 cm³/mol. The van der Waals surface area contributed by atoms with Crippen molar-refractivity contribution in [3.63, 3.8) is 0 Å². The topological polar surface area (TPSA) is 58.6 Å². The summed E-state index contributed by atoms with van der Waals surface area (Å²) in [6.07, 6.45) is 0.919. The maximum absolute atomic E-state index is 13.6. The third-order valence-corrected chi connectivity index (χ3v) is 6.38. The van der Waals surface area contributed by atoms with Crippen molar-refractivity contribution in [1.82, 2.24) is 5.32 Å². The van der Waals surface area contributed by atoms with E-state index in [0.717, 1.165) is 29.6 Å². The molecule has 0 atom stereocenters. The van der Waals surface area contributed by atoms with Crippen molar-refractivity contribution in [1.29, 1.82) is 0 Å². The molecule has 4 rings (SSSR count). The summed E-state index contributed by atoms with van der Waals surface area (Å²) in [5.41, 5.74) is 2.17. The Morgan fingerprint density at radius 3 is 2.59 bits per heavy atom. The number of aromatic hydroxyl groups is 1. The van der Waals surface area contributed by atoms with Gasteiger partial charge in [0.25, 0.3) is 0 Å². The number of nitrogens with one attached hydrogen (secondary N) is 1. The number of carbonyl (C=O) groups is 1. The maximum Gasteiger partial charge on any atom is 0.207 e. The normalized spacial score (nSPS) is 11.1. The predicted octanol–water partition coefficient (Wildman–Crippen LogP) is 6.23. The van der Waals surface area contributed by atoms with Crippen LogP contribution in [0.5, 0.6) is 17.2 Å². The molecule has 2 N–H and O–H groups in total. The Bertz CT molecular complexity index is 1260. The largest absolute Gasteiger partial charge is 0.508 e. The van der Waals surface area contributed by atoms with E-state index in [4.69, 9.17) is 4.74 Å². The van der Waals surface area contributed by atoms with Crippen molar-refractivity contribution in [2.75, 3.05) is 13.1 Å². The van der Waals surface area contributed by atoms with Crippen LogP contribution in [0.2, 0.25) is 0 Å². The minimum atomic E-state index is -0.383. The molecule has 0 aliphatic carbocycles. The third-order valence-electron chi connectivity index (χ3n) is 5.25. The molecule has 0 aliphatic heterocycles. The molecule has 0 aliphatic rings. The summed E-state index contributed by atoms with van der Waals surface area (Å²) in [7, 11) is 0. The zero-order chi connectivity index (χ0) is 22.7. The first kappa shape index (κ1) is 22.0. The summed E-state index contributed by atoms with van der Waals surface area (Å²) < 4.78 is 20.5. The summed E-state index contributed by atoms with van der Waals surface area (Å²) >= 11 is 1.25. The number of benzene rings is 3. The van der Waals surface area contributed by atoms with Crippen LogP contribution in [0, 0.1) is 12.7 Å².